The van der Waals surface area contributed by atoms with Crippen molar-refractivity contribution in [3.63, 3.8) is 0 Å². The molecule has 0 spiro atoms. The zero-order valence-electron chi connectivity index (χ0n) is 12.9. The van der Waals surface area contributed by atoms with E-state index in [9.17, 15) is 4.79 Å². The van der Waals surface area contributed by atoms with E-state index in [2.05, 4.69) is 22.9 Å². The average molecular weight is 342 g/mol. The number of nitrogens with zero attached hydrogens (tertiary/aromatic N) is 3. The summed E-state index contributed by atoms with van der Waals surface area (Å²) in [6, 6.07) is 4.36. The Hall–Kier alpha value is -0.840. The maximum absolute atomic E-state index is 12.6. The Morgan fingerprint density at radius 3 is 2.45 bits per heavy atom. The summed E-state index contributed by atoms with van der Waals surface area (Å²) >= 11 is 12.2. The first kappa shape index (κ1) is 16.0. The number of carbonyl (C=O) groups excluding carboxylic acids is 1. The second-order valence-corrected chi connectivity index (χ2v) is 7.99. The zero-order chi connectivity index (χ0) is 16.0. The van der Waals surface area contributed by atoms with Crippen LogP contribution >= 0.6 is 23.2 Å². The summed E-state index contributed by atoms with van der Waals surface area (Å²) in [6.45, 7) is 7.20. The van der Waals surface area contributed by atoms with Crippen molar-refractivity contribution in [3.05, 3.63) is 30.1 Å². The van der Waals surface area contributed by atoms with E-state index in [1.165, 1.54) is 5.56 Å². The van der Waals surface area contributed by atoms with Gasteiger partial charge in [0.1, 0.15) is 4.33 Å². The van der Waals surface area contributed by atoms with Gasteiger partial charge in [0.2, 0.25) is 5.91 Å². The molecule has 1 aliphatic carbocycles. The number of hydrogen-bond acceptors (Lipinski definition) is 3. The summed E-state index contributed by atoms with van der Waals surface area (Å²) in [4.78, 5) is 21.0. The molecular formula is C16H21Cl2N3O. The fraction of sp³-hybridized carbons (Fsp3) is 0.625. The van der Waals surface area contributed by atoms with Gasteiger partial charge in [-0.15, -0.1) is 23.2 Å². The van der Waals surface area contributed by atoms with E-state index in [1.807, 2.05) is 24.1 Å². The van der Waals surface area contributed by atoms with Crippen molar-refractivity contribution in [2.75, 3.05) is 26.2 Å². The predicted molar refractivity (Wildman–Crippen MR) is 88.0 cm³/mol. The van der Waals surface area contributed by atoms with E-state index in [0.29, 0.717) is 12.5 Å². The van der Waals surface area contributed by atoms with Crippen molar-refractivity contribution in [2.24, 2.45) is 5.41 Å². The van der Waals surface area contributed by atoms with Crippen LogP contribution in [0.5, 0.6) is 0 Å². The standard InChI is InChI=1S/C16H21Cl2N3O/c1-12(13-4-3-5-19-10-13)20-6-8-21(9-7-20)14(22)15(2)11-16(15,17)18/h3-5,10,12H,6-9,11H2,1-2H3/t12-,15+/m1/s1. The van der Waals surface area contributed by atoms with Gasteiger partial charge in [-0.1, -0.05) is 6.07 Å². The van der Waals surface area contributed by atoms with Crippen LogP contribution in [0, 0.1) is 5.41 Å². The predicted octanol–water partition coefficient (Wildman–Crippen LogP) is 2.87. The third kappa shape index (κ3) is 2.72. The Morgan fingerprint density at radius 2 is 1.95 bits per heavy atom. The van der Waals surface area contributed by atoms with Gasteiger partial charge in [-0.05, 0) is 31.9 Å². The van der Waals surface area contributed by atoms with Crippen molar-refractivity contribution in [3.8, 4) is 0 Å². The first-order valence-corrected chi connectivity index (χ1v) is 8.42. The lowest BCUT2D eigenvalue weighted by atomic mass is 10.1. The molecule has 2 heterocycles. The van der Waals surface area contributed by atoms with Gasteiger partial charge in [-0.2, -0.15) is 0 Å². The molecule has 120 valence electrons. The lowest BCUT2D eigenvalue weighted by molar-refractivity contribution is -0.138. The highest BCUT2D eigenvalue weighted by Crippen LogP contribution is 2.64. The van der Waals surface area contributed by atoms with Gasteiger partial charge in [-0.3, -0.25) is 14.7 Å². The third-order valence-corrected chi connectivity index (χ3v) is 6.15. The Labute approximate surface area is 141 Å². The maximum atomic E-state index is 12.6. The van der Waals surface area contributed by atoms with Gasteiger partial charge in [0.15, 0.2) is 0 Å². The van der Waals surface area contributed by atoms with Gasteiger partial charge < -0.3 is 4.90 Å². The molecule has 4 nitrogen and oxygen atoms in total. The van der Waals surface area contributed by atoms with Gasteiger partial charge in [0, 0.05) is 44.6 Å². The molecule has 1 aromatic heterocycles. The maximum Gasteiger partial charge on any atom is 0.231 e. The zero-order valence-corrected chi connectivity index (χ0v) is 14.4. The molecular weight excluding hydrogens is 321 g/mol. The Bertz CT molecular complexity index is 558. The largest absolute Gasteiger partial charge is 0.340 e. The van der Waals surface area contributed by atoms with Gasteiger partial charge in [0.25, 0.3) is 0 Å². The van der Waals surface area contributed by atoms with Crippen LogP contribution in [0.15, 0.2) is 24.5 Å². The van der Waals surface area contributed by atoms with Crippen LogP contribution in [0.25, 0.3) is 0 Å². The van der Waals surface area contributed by atoms with E-state index in [0.717, 1.165) is 26.2 Å². The normalized spacial score (nSPS) is 29.2. The van der Waals surface area contributed by atoms with Gasteiger partial charge in [-0.25, -0.2) is 0 Å². The molecule has 0 N–H and O–H groups in total. The van der Waals surface area contributed by atoms with Crippen LogP contribution < -0.4 is 0 Å². The molecule has 22 heavy (non-hydrogen) atoms. The number of hydrogen-bond donors (Lipinski definition) is 0. The van der Waals surface area contributed by atoms with Crippen LogP contribution in [0.4, 0.5) is 0 Å². The summed E-state index contributed by atoms with van der Waals surface area (Å²) in [5, 5.41) is 0. The summed E-state index contributed by atoms with van der Waals surface area (Å²) in [5.74, 6) is 0.0891. The number of aromatic nitrogens is 1. The fourth-order valence-corrected chi connectivity index (χ4v) is 3.82. The van der Waals surface area contributed by atoms with E-state index < -0.39 is 9.75 Å². The molecule has 1 saturated heterocycles. The Balaban J connectivity index is 1.58. The van der Waals surface area contributed by atoms with Gasteiger partial charge in [0.05, 0.1) is 5.41 Å². The summed E-state index contributed by atoms with van der Waals surface area (Å²) in [6.07, 6.45) is 4.24. The lowest BCUT2D eigenvalue weighted by Crippen LogP contribution is -2.51. The number of rotatable bonds is 3. The molecule has 0 radical (unpaired) electrons. The van der Waals surface area contributed by atoms with Crippen LogP contribution in [0.1, 0.15) is 31.9 Å². The van der Waals surface area contributed by atoms with Crippen molar-refractivity contribution < 1.29 is 4.79 Å². The van der Waals surface area contributed by atoms with Crippen LogP contribution in [0.2, 0.25) is 0 Å². The van der Waals surface area contributed by atoms with Gasteiger partial charge >= 0.3 is 0 Å². The minimum absolute atomic E-state index is 0.0891. The number of carbonyl (C=O) groups is 1. The monoisotopic (exact) mass is 341 g/mol. The topological polar surface area (TPSA) is 36.4 Å². The number of pyridine rings is 1. The van der Waals surface area contributed by atoms with E-state index in [1.54, 1.807) is 6.20 Å². The molecule has 2 aliphatic rings. The minimum Gasteiger partial charge on any atom is -0.340 e. The number of amides is 1. The smallest absolute Gasteiger partial charge is 0.231 e. The van der Waals surface area contributed by atoms with E-state index in [4.69, 9.17) is 23.2 Å². The number of piperazine rings is 1. The van der Waals surface area contributed by atoms with Crippen LogP contribution in [0.3, 0.4) is 0 Å². The molecule has 6 heteroatoms. The number of halogens is 2. The molecule has 3 rings (SSSR count). The number of alkyl halides is 2. The Kier molecular flexibility index (Phi) is 4.12. The molecule has 0 aromatic carbocycles. The van der Waals surface area contributed by atoms with Crippen molar-refractivity contribution in [1.29, 1.82) is 0 Å². The van der Waals surface area contributed by atoms with Crippen molar-refractivity contribution >= 4 is 29.1 Å². The van der Waals surface area contributed by atoms with Crippen LogP contribution in [-0.4, -0.2) is 51.2 Å². The molecule has 1 amide bonds. The molecule has 1 saturated carbocycles. The summed E-state index contributed by atoms with van der Waals surface area (Å²) in [5.41, 5.74) is 0.602. The average Bonchev–Trinajstić information content (AvgIpc) is 3.06. The molecule has 0 unspecified atom stereocenters. The van der Waals surface area contributed by atoms with E-state index >= 15 is 0 Å². The van der Waals surface area contributed by atoms with Crippen molar-refractivity contribution in [2.45, 2.75) is 30.6 Å². The molecule has 2 atom stereocenters. The first-order valence-electron chi connectivity index (χ1n) is 7.66. The van der Waals surface area contributed by atoms with Crippen LogP contribution in [-0.2, 0) is 4.79 Å². The highest BCUT2D eigenvalue weighted by molar-refractivity contribution is 6.53. The second-order valence-electron chi connectivity index (χ2n) is 6.50. The highest BCUT2D eigenvalue weighted by atomic mass is 35.5. The molecule has 2 fully saturated rings. The summed E-state index contributed by atoms with van der Waals surface area (Å²) in [7, 11) is 0. The molecule has 1 aliphatic heterocycles. The summed E-state index contributed by atoms with van der Waals surface area (Å²) < 4.78 is -0.885. The first-order chi connectivity index (χ1) is 10.3. The highest BCUT2D eigenvalue weighted by Gasteiger charge is 2.68. The SMILES string of the molecule is C[C@H](c1cccnc1)N1CCN(C(=O)[C@]2(C)CC2(Cl)Cl)CC1. The molecule has 1 aromatic rings. The van der Waals surface area contributed by atoms with E-state index in [-0.39, 0.29) is 5.91 Å². The minimum atomic E-state index is -0.885. The quantitative estimate of drug-likeness (QED) is 0.793. The second kappa shape index (κ2) is 5.66. The molecule has 0 bridgehead atoms. The lowest BCUT2D eigenvalue weighted by Gasteiger charge is -2.39. The van der Waals surface area contributed by atoms with Crippen molar-refractivity contribution in [1.82, 2.24) is 14.8 Å². The third-order valence-electron chi connectivity index (χ3n) is 5.05. The Morgan fingerprint density at radius 1 is 1.32 bits per heavy atom. The fourth-order valence-electron chi connectivity index (χ4n) is 3.13.